The molecule has 0 atom stereocenters. The van der Waals surface area contributed by atoms with Crippen molar-refractivity contribution in [3.63, 3.8) is 0 Å². The van der Waals surface area contributed by atoms with Crippen LogP contribution in [0.25, 0.3) is 0 Å². The van der Waals surface area contributed by atoms with Gasteiger partial charge in [0, 0.05) is 12.1 Å². The van der Waals surface area contributed by atoms with E-state index < -0.39 is 0 Å². The standard InChI is InChI=1S/C19H23NO/c1-14-6-5-7-17(10-14)12-20(4)13-19(21)18-11-15(2)8-9-16(18)3/h5-11H,12-13H2,1-4H3. The molecule has 0 saturated carbocycles. The van der Waals surface area contributed by atoms with Crippen LogP contribution in [0.2, 0.25) is 0 Å². The summed E-state index contributed by atoms with van der Waals surface area (Å²) in [5.41, 5.74) is 5.51. The summed E-state index contributed by atoms with van der Waals surface area (Å²) in [7, 11) is 1.99. The maximum atomic E-state index is 12.4. The maximum absolute atomic E-state index is 12.4. The van der Waals surface area contributed by atoms with Gasteiger partial charge in [-0.25, -0.2) is 0 Å². The summed E-state index contributed by atoms with van der Waals surface area (Å²) < 4.78 is 0. The van der Waals surface area contributed by atoms with Gasteiger partial charge in [0.15, 0.2) is 5.78 Å². The minimum Gasteiger partial charge on any atom is -0.295 e. The molecule has 0 spiro atoms. The zero-order valence-corrected chi connectivity index (χ0v) is 13.3. The van der Waals surface area contributed by atoms with Gasteiger partial charge in [-0.15, -0.1) is 0 Å². The number of hydrogen-bond donors (Lipinski definition) is 0. The van der Waals surface area contributed by atoms with Crippen LogP contribution in [0.1, 0.15) is 32.6 Å². The van der Waals surface area contributed by atoms with E-state index in [0.717, 1.165) is 23.2 Å². The van der Waals surface area contributed by atoms with Crippen LogP contribution >= 0.6 is 0 Å². The van der Waals surface area contributed by atoms with Crippen molar-refractivity contribution >= 4 is 5.78 Å². The van der Waals surface area contributed by atoms with Gasteiger partial charge in [-0.05, 0) is 45.0 Å². The summed E-state index contributed by atoms with van der Waals surface area (Å²) in [6.45, 7) is 7.33. The number of benzene rings is 2. The van der Waals surface area contributed by atoms with E-state index in [1.54, 1.807) is 0 Å². The number of rotatable bonds is 5. The Morgan fingerprint density at radius 2 is 1.71 bits per heavy atom. The highest BCUT2D eigenvalue weighted by Gasteiger charge is 2.12. The topological polar surface area (TPSA) is 20.3 Å². The van der Waals surface area contributed by atoms with Crippen molar-refractivity contribution in [2.75, 3.05) is 13.6 Å². The van der Waals surface area contributed by atoms with Gasteiger partial charge in [0.2, 0.25) is 0 Å². The van der Waals surface area contributed by atoms with E-state index in [1.165, 1.54) is 11.1 Å². The third-order valence-corrected chi connectivity index (χ3v) is 3.64. The first-order chi connectivity index (χ1) is 9.95. The number of likely N-dealkylation sites (N-methyl/N-ethyl adjacent to an activating group) is 1. The Morgan fingerprint density at radius 3 is 2.43 bits per heavy atom. The third kappa shape index (κ3) is 4.27. The molecule has 21 heavy (non-hydrogen) atoms. The van der Waals surface area contributed by atoms with Crippen molar-refractivity contribution in [3.05, 3.63) is 70.3 Å². The molecule has 0 N–H and O–H groups in total. The van der Waals surface area contributed by atoms with Crippen LogP contribution < -0.4 is 0 Å². The van der Waals surface area contributed by atoms with E-state index in [0.29, 0.717) is 6.54 Å². The molecule has 0 aromatic heterocycles. The molecule has 0 unspecified atom stereocenters. The minimum absolute atomic E-state index is 0.186. The molecule has 2 nitrogen and oxygen atoms in total. The van der Waals surface area contributed by atoms with E-state index in [2.05, 4.69) is 36.1 Å². The van der Waals surface area contributed by atoms with E-state index in [-0.39, 0.29) is 5.78 Å². The quantitative estimate of drug-likeness (QED) is 0.774. The van der Waals surface area contributed by atoms with E-state index in [9.17, 15) is 4.79 Å². The highest BCUT2D eigenvalue weighted by atomic mass is 16.1. The van der Waals surface area contributed by atoms with Gasteiger partial charge < -0.3 is 0 Å². The first-order valence-corrected chi connectivity index (χ1v) is 7.30. The summed E-state index contributed by atoms with van der Waals surface area (Å²) in [5.74, 6) is 0.186. The Morgan fingerprint density at radius 1 is 1.00 bits per heavy atom. The van der Waals surface area contributed by atoms with Crippen LogP contribution in [0.4, 0.5) is 0 Å². The molecular weight excluding hydrogens is 258 g/mol. The fourth-order valence-electron chi connectivity index (χ4n) is 2.54. The second-order valence-electron chi connectivity index (χ2n) is 5.90. The average molecular weight is 281 g/mol. The van der Waals surface area contributed by atoms with Crippen LogP contribution in [0, 0.1) is 20.8 Å². The third-order valence-electron chi connectivity index (χ3n) is 3.64. The second kappa shape index (κ2) is 6.68. The first-order valence-electron chi connectivity index (χ1n) is 7.30. The Kier molecular flexibility index (Phi) is 4.92. The highest BCUT2D eigenvalue weighted by Crippen LogP contribution is 2.13. The molecule has 2 aromatic rings. The number of aryl methyl sites for hydroxylation is 3. The number of carbonyl (C=O) groups is 1. The van der Waals surface area contributed by atoms with Crippen molar-refractivity contribution in [3.8, 4) is 0 Å². The SMILES string of the molecule is Cc1cccc(CN(C)CC(=O)c2cc(C)ccc2C)c1. The van der Waals surface area contributed by atoms with Crippen LogP contribution in [-0.2, 0) is 6.54 Å². The summed E-state index contributed by atoms with van der Waals surface area (Å²) in [6.07, 6.45) is 0. The van der Waals surface area contributed by atoms with Gasteiger partial charge in [-0.3, -0.25) is 9.69 Å². The van der Waals surface area contributed by atoms with Crippen molar-refractivity contribution in [2.24, 2.45) is 0 Å². The van der Waals surface area contributed by atoms with Crippen LogP contribution in [-0.4, -0.2) is 24.3 Å². The van der Waals surface area contributed by atoms with Crippen LogP contribution in [0.15, 0.2) is 42.5 Å². The number of ketones is 1. The van der Waals surface area contributed by atoms with Crippen molar-refractivity contribution in [2.45, 2.75) is 27.3 Å². The Labute approximate surface area is 127 Å². The lowest BCUT2D eigenvalue weighted by Crippen LogP contribution is -2.26. The number of carbonyl (C=O) groups excluding carboxylic acids is 1. The smallest absolute Gasteiger partial charge is 0.177 e. The molecule has 0 bridgehead atoms. The zero-order valence-electron chi connectivity index (χ0n) is 13.3. The van der Waals surface area contributed by atoms with Gasteiger partial charge in [-0.2, -0.15) is 0 Å². The lowest BCUT2D eigenvalue weighted by Gasteiger charge is -2.17. The van der Waals surface area contributed by atoms with E-state index >= 15 is 0 Å². The lowest BCUT2D eigenvalue weighted by molar-refractivity contribution is 0.0942. The molecule has 0 radical (unpaired) electrons. The second-order valence-corrected chi connectivity index (χ2v) is 5.90. The number of Topliss-reactive ketones (excluding diaryl/α,β-unsaturated/α-hetero) is 1. The van der Waals surface area contributed by atoms with Gasteiger partial charge in [0.05, 0.1) is 6.54 Å². The van der Waals surface area contributed by atoms with Crippen LogP contribution in [0.3, 0.4) is 0 Å². The first kappa shape index (κ1) is 15.5. The van der Waals surface area contributed by atoms with Crippen molar-refractivity contribution in [1.82, 2.24) is 4.90 Å². The van der Waals surface area contributed by atoms with Crippen molar-refractivity contribution in [1.29, 1.82) is 0 Å². The Hall–Kier alpha value is -1.93. The molecule has 2 rings (SSSR count). The zero-order chi connectivity index (χ0) is 15.4. The van der Waals surface area contributed by atoms with E-state index in [1.807, 2.05) is 39.1 Å². The lowest BCUT2D eigenvalue weighted by atomic mass is 10.0. The van der Waals surface area contributed by atoms with Crippen LogP contribution in [0.5, 0.6) is 0 Å². The molecule has 2 aromatic carbocycles. The monoisotopic (exact) mass is 281 g/mol. The predicted molar refractivity (Wildman–Crippen MR) is 87.8 cm³/mol. The van der Waals surface area contributed by atoms with Gasteiger partial charge >= 0.3 is 0 Å². The molecule has 0 saturated heterocycles. The van der Waals surface area contributed by atoms with Gasteiger partial charge in [0.1, 0.15) is 0 Å². The Bertz CT molecular complexity index is 646. The molecule has 0 fully saturated rings. The fraction of sp³-hybridized carbons (Fsp3) is 0.316. The summed E-state index contributed by atoms with van der Waals surface area (Å²) in [4.78, 5) is 14.5. The summed E-state index contributed by atoms with van der Waals surface area (Å²) in [5, 5.41) is 0. The van der Waals surface area contributed by atoms with Gasteiger partial charge in [0.25, 0.3) is 0 Å². The molecule has 110 valence electrons. The molecule has 0 amide bonds. The molecule has 2 heteroatoms. The normalized spacial score (nSPS) is 10.9. The molecule has 0 heterocycles. The predicted octanol–water partition coefficient (Wildman–Crippen LogP) is 3.93. The highest BCUT2D eigenvalue weighted by molar-refractivity contribution is 5.99. The summed E-state index contributed by atoms with van der Waals surface area (Å²) >= 11 is 0. The number of hydrogen-bond acceptors (Lipinski definition) is 2. The average Bonchev–Trinajstić information content (AvgIpc) is 2.41. The maximum Gasteiger partial charge on any atom is 0.177 e. The van der Waals surface area contributed by atoms with Gasteiger partial charge in [-0.1, -0.05) is 47.5 Å². The molecule has 0 aliphatic rings. The molecule has 0 aliphatic carbocycles. The van der Waals surface area contributed by atoms with E-state index in [4.69, 9.17) is 0 Å². The largest absolute Gasteiger partial charge is 0.295 e. The molecular formula is C19H23NO. The fourth-order valence-corrected chi connectivity index (χ4v) is 2.54. The molecule has 0 aliphatic heterocycles. The minimum atomic E-state index is 0.186. The number of nitrogens with zero attached hydrogens (tertiary/aromatic N) is 1. The Balaban J connectivity index is 2.03. The summed E-state index contributed by atoms with van der Waals surface area (Å²) in [6, 6.07) is 14.5. The van der Waals surface area contributed by atoms with Crippen molar-refractivity contribution < 1.29 is 4.79 Å².